The Morgan fingerprint density at radius 3 is 2.74 bits per heavy atom. The van der Waals surface area contributed by atoms with Crippen LogP contribution in [-0.2, 0) is 11.2 Å². The van der Waals surface area contributed by atoms with Crippen LogP contribution in [0.2, 0.25) is 0 Å². The predicted molar refractivity (Wildman–Crippen MR) is 71.9 cm³/mol. The van der Waals surface area contributed by atoms with Gasteiger partial charge in [-0.3, -0.25) is 0 Å². The van der Waals surface area contributed by atoms with Crippen molar-refractivity contribution in [3.8, 4) is 5.75 Å². The summed E-state index contributed by atoms with van der Waals surface area (Å²) in [6, 6.07) is 6.84. The molecule has 0 heterocycles. The Bertz CT molecular complexity index is 581. The van der Waals surface area contributed by atoms with Gasteiger partial charge >= 0.3 is 0 Å². The fraction of sp³-hybridized carbons (Fsp3) is 0.333. The molecule has 0 amide bonds. The van der Waals surface area contributed by atoms with Crippen LogP contribution in [-0.4, -0.2) is 25.6 Å². The van der Waals surface area contributed by atoms with E-state index in [9.17, 15) is 4.39 Å². The SMILES string of the molecule is COCOc1cc(C)c2c(CCO)c(F)ccc2c1. The lowest BCUT2D eigenvalue weighted by Crippen LogP contribution is -2.01. The number of benzene rings is 2. The third-order valence-corrected chi connectivity index (χ3v) is 3.04. The van der Waals surface area contributed by atoms with Crippen molar-refractivity contribution in [2.45, 2.75) is 13.3 Å². The molecular weight excluding hydrogens is 247 g/mol. The quantitative estimate of drug-likeness (QED) is 0.844. The van der Waals surface area contributed by atoms with Crippen LogP contribution < -0.4 is 4.74 Å². The number of ether oxygens (including phenoxy) is 2. The number of fused-ring (bicyclic) bond motifs is 1. The smallest absolute Gasteiger partial charge is 0.188 e. The highest BCUT2D eigenvalue weighted by Gasteiger charge is 2.11. The average Bonchev–Trinajstić information content (AvgIpc) is 2.39. The van der Waals surface area contributed by atoms with Gasteiger partial charge in [-0.25, -0.2) is 4.39 Å². The zero-order valence-corrected chi connectivity index (χ0v) is 11.1. The van der Waals surface area contributed by atoms with Crippen LogP contribution in [0.3, 0.4) is 0 Å². The van der Waals surface area contributed by atoms with E-state index in [4.69, 9.17) is 14.6 Å². The molecule has 0 bridgehead atoms. The Hall–Kier alpha value is -1.65. The van der Waals surface area contributed by atoms with Crippen LogP contribution in [0.1, 0.15) is 11.1 Å². The molecule has 4 heteroatoms. The fourth-order valence-electron chi connectivity index (χ4n) is 2.27. The van der Waals surface area contributed by atoms with Gasteiger partial charge in [0.15, 0.2) is 6.79 Å². The van der Waals surface area contributed by atoms with Crippen LogP contribution in [0, 0.1) is 12.7 Å². The van der Waals surface area contributed by atoms with Gasteiger partial charge in [-0.1, -0.05) is 6.07 Å². The summed E-state index contributed by atoms with van der Waals surface area (Å²) in [4.78, 5) is 0. The van der Waals surface area contributed by atoms with E-state index in [0.717, 1.165) is 16.3 Å². The first-order valence-electron chi connectivity index (χ1n) is 6.11. The zero-order valence-electron chi connectivity index (χ0n) is 11.1. The molecule has 3 nitrogen and oxygen atoms in total. The number of halogens is 1. The standard InChI is InChI=1S/C15H17FO3/c1-10-7-12(19-9-18-2)8-11-3-4-14(16)13(5-6-17)15(10)11/h3-4,7-8,17H,5-6,9H2,1-2H3. The van der Waals surface area contributed by atoms with Crippen molar-refractivity contribution in [3.05, 3.63) is 41.2 Å². The molecule has 2 aromatic rings. The van der Waals surface area contributed by atoms with Gasteiger partial charge in [-0.15, -0.1) is 0 Å². The summed E-state index contributed by atoms with van der Waals surface area (Å²) in [5.41, 5.74) is 1.47. The van der Waals surface area contributed by atoms with Gasteiger partial charge in [0.2, 0.25) is 0 Å². The largest absolute Gasteiger partial charge is 0.468 e. The maximum absolute atomic E-state index is 13.8. The molecule has 2 aromatic carbocycles. The van der Waals surface area contributed by atoms with E-state index in [1.54, 1.807) is 13.2 Å². The lowest BCUT2D eigenvalue weighted by Gasteiger charge is -2.12. The van der Waals surface area contributed by atoms with E-state index < -0.39 is 0 Å². The number of aliphatic hydroxyl groups excluding tert-OH is 1. The van der Waals surface area contributed by atoms with E-state index in [-0.39, 0.29) is 19.2 Å². The van der Waals surface area contributed by atoms with Gasteiger partial charge in [0.25, 0.3) is 0 Å². The number of methoxy groups -OCH3 is 1. The molecule has 0 fully saturated rings. The first-order valence-corrected chi connectivity index (χ1v) is 6.11. The minimum Gasteiger partial charge on any atom is -0.468 e. The molecule has 0 saturated carbocycles. The molecule has 0 saturated heterocycles. The second-order valence-electron chi connectivity index (χ2n) is 4.39. The minimum absolute atomic E-state index is 0.0720. The molecule has 0 unspecified atom stereocenters. The maximum Gasteiger partial charge on any atom is 0.188 e. The molecule has 0 atom stereocenters. The monoisotopic (exact) mass is 264 g/mol. The Labute approximate surface area is 111 Å². The molecule has 0 aliphatic rings. The van der Waals surface area contributed by atoms with Crippen molar-refractivity contribution in [2.24, 2.45) is 0 Å². The fourth-order valence-corrected chi connectivity index (χ4v) is 2.27. The molecule has 0 aliphatic heterocycles. The van der Waals surface area contributed by atoms with E-state index in [2.05, 4.69) is 0 Å². The highest BCUT2D eigenvalue weighted by atomic mass is 19.1. The maximum atomic E-state index is 13.8. The minimum atomic E-state index is -0.282. The van der Waals surface area contributed by atoms with Crippen molar-refractivity contribution in [1.82, 2.24) is 0 Å². The molecule has 0 radical (unpaired) electrons. The zero-order chi connectivity index (χ0) is 13.8. The Morgan fingerprint density at radius 1 is 1.26 bits per heavy atom. The molecule has 0 spiro atoms. The average molecular weight is 264 g/mol. The molecule has 0 aromatic heterocycles. The van der Waals surface area contributed by atoms with Crippen LogP contribution >= 0.6 is 0 Å². The summed E-state index contributed by atoms with van der Waals surface area (Å²) in [6.07, 6.45) is 0.308. The summed E-state index contributed by atoms with van der Waals surface area (Å²) in [5.74, 6) is 0.406. The van der Waals surface area contributed by atoms with Crippen molar-refractivity contribution in [1.29, 1.82) is 0 Å². The topological polar surface area (TPSA) is 38.7 Å². The van der Waals surface area contributed by atoms with Crippen LogP contribution in [0.4, 0.5) is 4.39 Å². The van der Waals surface area contributed by atoms with Crippen LogP contribution in [0.15, 0.2) is 24.3 Å². The van der Waals surface area contributed by atoms with E-state index in [1.165, 1.54) is 6.07 Å². The van der Waals surface area contributed by atoms with Crippen molar-refractivity contribution >= 4 is 10.8 Å². The molecule has 1 N–H and O–H groups in total. The van der Waals surface area contributed by atoms with Gasteiger partial charge < -0.3 is 14.6 Å². The molecule has 102 valence electrons. The summed E-state index contributed by atoms with van der Waals surface area (Å²) < 4.78 is 24.1. The number of hydrogen-bond donors (Lipinski definition) is 1. The summed E-state index contributed by atoms with van der Waals surface area (Å²) >= 11 is 0. The first-order chi connectivity index (χ1) is 9.17. The number of aryl methyl sites for hydroxylation is 1. The van der Waals surface area contributed by atoms with Gasteiger partial charge in [0, 0.05) is 13.7 Å². The van der Waals surface area contributed by atoms with Crippen molar-refractivity contribution < 1.29 is 19.0 Å². The van der Waals surface area contributed by atoms with E-state index >= 15 is 0 Å². The normalized spacial score (nSPS) is 10.9. The van der Waals surface area contributed by atoms with Crippen molar-refractivity contribution in [2.75, 3.05) is 20.5 Å². The predicted octanol–water partition coefficient (Wildman–Crippen LogP) is 2.80. The van der Waals surface area contributed by atoms with Gasteiger partial charge in [-0.05, 0) is 53.4 Å². The Morgan fingerprint density at radius 2 is 2.05 bits per heavy atom. The molecule has 19 heavy (non-hydrogen) atoms. The summed E-state index contributed by atoms with van der Waals surface area (Å²) in [6.45, 7) is 2.01. The molecular formula is C15H17FO3. The van der Waals surface area contributed by atoms with Crippen LogP contribution in [0.25, 0.3) is 10.8 Å². The Kier molecular flexibility index (Phi) is 4.35. The van der Waals surface area contributed by atoms with Gasteiger partial charge in [0.05, 0.1) is 0 Å². The van der Waals surface area contributed by atoms with E-state index in [0.29, 0.717) is 17.7 Å². The lowest BCUT2D eigenvalue weighted by molar-refractivity contribution is 0.0512. The number of rotatable bonds is 5. The number of hydrogen-bond acceptors (Lipinski definition) is 3. The lowest BCUT2D eigenvalue weighted by atomic mass is 9.97. The van der Waals surface area contributed by atoms with Gasteiger partial charge in [0.1, 0.15) is 11.6 Å². The third-order valence-electron chi connectivity index (χ3n) is 3.04. The first kappa shape index (κ1) is 13.8. The van der Waals surface area contributed by atoms with Crippen LogP contribution in [0.5, 0.6) is 5.75 Å². The summed E-state index contributed by atoms with van der Waals surface area (Å²) in [7, 11) is 1.56. The Balaban J connectivity index is 2.55. The van der Waals surface area contributed by atoms with E-state index in [1.807, 2.05) is 19.1 Å². The second kappa shape index (κ2) is 5.99. The van der Waals surface area contributed by atoms with Crippen molar-refractivity contribution in [3.63, 3.8) is 0 Å². The second-order valence-corrected chi connectivity index (χ2v) is 4.39. The van der Waals surface area contributed by atoms with Gasteiger partial charge in [-0.2, -0.15) is 0 Å². The highest BCUT2D eigenvalue weighted by Crippen LogP contribution is 2.29. The highest BCUT2D eigenvalue weighted by molar-refractivity contribution is 5.90. The third kappa shape index (κ3) is 2.85. The molecule has 0 aliphatic carbocycles. The summed E-state index contributed by atoms with van der Waals surface area (Å²) in [5, 5.41) is 10.8. The number of aliphatic hydroxyl groups is 1. The molecule has 2 rings (SSSR count).